The van der Waals surface area contributed by atoms with Crippen LogP contribution in [0.5, 0.6) is 17.2 Å². The molecule has 8 nitrogen and oxygen atoms in total. The van der Waals surface area contributed by atoms with Crippen molar-refractivity contribution < 1.29 is 28.6 Å². The quantitative estimate of drug-likeness (QED) is 0.216. The molecule has 0 radical (unpaired) electrons. The second-order valence-electron chi connectivity index (χ2n) is 8.07. The molecule has 3 aromatic rings. The van der Waals surface area contributed by atoms with E-state index in [1.807, 2.05) is 44.2 Å². The molecule has 4 rings (SSSR count). The number of imide groups is 2. The summed E-state index contributed by atoms with van der Waals surface area (Å²) in [5.41, 5.74) is 1.67. The first-order valence-corrected chi connectivity index (χ1v) is 12.4. The number of hydrogen-bond donors (Lipinski definition) is 1. The van der Waals surface area contributed by atoms with Gasteiger partial charge in [0.15, 0.2) is 11.5 Å². The number of barbiturate groups is 1. The van der Waals surface area contributed by atoms with E-state index in [9.17, 15) is 14.4 Å². The summed E-state index contributed by atoms with van der Waals surface area (Å²) < 4.78 is 17.9. The lowest BCUT2D eigenvalue weighted by atomic mass is 10.1. The zero-order chi connectivity index (χ0) is 26.4. The lowest BCUT2D eigenvalue weighted by molar-refractivity contribution is -0.122. The standard InChI is InChI=1S/C28H25BrN2O6/c1-3-35-24-17-19(16-23(29)25(24)37-14-13-36-21-7-5-4-6-8-21)15-22-26(32)30-28(34)31(27(22)33)20-11-9-18(2)10-12-20/h4-12,15-17H,3,13-14H2,1-2H3,(H,30,32,34). The largest absolute Gasteiger partial charge is 0.490 e. The molecule has 0 unspecified atom stereocenters. The number of hydrogen-bond acceptors (Lipinski definition) is 6. The molecule has 4 amide bonds. The minimum atomic E-state index is -0.798. The highest BCUT2D eigenvalue weighted by atomic mass is 79.9. The summed E-state index contributed by atoms with van der Waals surface area (Å²) in [6.07, 6.45) is 1.42. The van der Waals surface area contributed by atoms with Gasteiger partial charge in [0.05, 0.1) is 16.8 Å². The van der Waals surface area contributed by atoms with Crippen molar-refractivity contribution in [2.75, 3.05) is 24.7 Å². The molecule has 3 aromatic carbocycles. The fourth-order valence-corrected chi connectivity index (χ4v) is 4.22. The fraction of sp³-hybridized carbons (Fsp3) is 0.179. The number of benzene rings is 3. The number of urea groups is 1. The van der Waals surface area contributed by atoms with Crippen molar-refractivity contribution in [3.05, 3.63) is 87.9 Å². The van der Waals surface area contributed by atoms with Gasteiger partial charge in [-0.25, -0.2) is 9.69 Å². The second kappa shape index (κ2) is 11.7. The molecule has 0 aliphatic carbocycles. The van der Waals surface area contributed by atoms with Crippen molar-refractivity contribution in [1.82, 2.24) is 5.32 Å². The Morgan fingerprint density at radius 2 is 1.62 bits per heavy atom. The van der Waals surface area contributed by atoms with Gasteiger partial charge in [0.1, 0.15) is 24.5 Å². The van der Waals surface area contributed by atoms with E-state index in [4.69, 9.17) is 14.2 Å². The zero-order valence-corrected chi connectivity index (χ0v) is 21.9. The van der Waals surface area contributed by atoms with Crippen molar-refractivity contribution >= 4 is 45.5 Å². The van der Waals surface area contributed by atoms with Gasteiger partial charge in [0, 0.05) is 0 Å². The van der Waals surface area contributed by atoms with Crippen LogP contribution in [0.1, 0.15) is 18.1 Å². The normalized spacial score (nSPS) is 14.5. The van der Waals surface area contributed by atoms with E-state index in [2.05, 4.69) is 21.2 Å². The van der Waals surface area contributed by atoms with Gasteiger partial charge < -0.3 is 14.2 Å². The smallest absolute Gasteiger partial charge is 0.335 e. The number of rotatable bonds is 9. The molecule has 9 heteroatoms. The number of carbonyl (C=O) groups excluding carboxylic acids is 3. The Morgan fingerprint density at radius 1 is 0.919 bits per heavy atom. The third-order valence-corrected chi connectivity index (χ3v) is 5.97. The van der Waals surface area contributed by atoms with Gasteiger partial charge in [-0.2, -0.15) is 0 Å². The van der Waals surface area contributed by atoms with Crippen LogP contribution in [0.4, 0.5) is 10.5 Å². The van der Waals surface area contributed by atoms with Crippen LogP contribution in [0.2, 0.25) is 0 Å². The van der Waals surface area contributed by atoms with Gasteiger partial charge in [0.25, 0.3) is 11.8 Å². The summed E-state index contributed by atoms with van der Waals surface area (Å²) in [7, 11) is 0. The SMILES string of the molecule is CCOc1cc(C=C2C(=O)NC(=O)N(c3ccc(C)cc3)C2=O)cc(Br)c1OCCOc1ccccc1. The first-order chi connectivity index (χ1) is 17.9. The Hall–Kier alpha value is -4.11. The van der Waals surface area contributed by atoms with E-state index >= 15 is 0 Å². The summed E-state index contributed by atoms with van der Waals surface area (Å²) >= 11 is 3.50. The van der Waals surface area contributed by atoms with E-state index in [1.54, 1.807) is 36.4 Å². The molecule has 0 spiro atoms. The number of halogens is 1. The van der Waals surface area contributed by atoms with Crippen LogP contribution in [-0.4, -0.2) is 37.7 Å². The molecule has 0 atom stereocenters. The zero-order valence-electron chi connectivity index (χ0n) is 20.3. The van der Waals surface area contributed by atoms with E-state index in [0.717, 1.165) is 16.2 Å². The van der Waals surface area contributed by atoms with Crippen LogP contribution >= 0.6 is 15.9 Å². The summed E-state index contributed by atoms with van der Waals surface area (Å²) in [4.78, 5) is 39.1. The van der Waals surface area contributed by atoms with Crippen molar-refractivity contribution in [1.29, 1.82) is 0 Å². The molecule has 1 aliphatic heterocycles. The van der Waals surface area contributed by atoms with Crippen LogP contribution < -0.4 is 24.4 Å². The highest BCUT2D eigenvalue weighted by molar-refractivity contribution is 9.10. The molecule has 37 heavy (non-hydrogen) atoms. The Bertz CT molecular complexity index is 1340. The minimum Gasteiger partial charge on any atom is -0.490 e. The van der Waals surface area contributed by atoms with Gasteiger partial charge in [0.2, 0.25) is 0 Å². The average molecular weight is 565 g/mol. The van der Waals surface area contributed by atoms with Crippen LogP contribution in [0.15, 0.2) is 76.8 Å². The maximum atomic E-state index is 13.2. The van der Waals surface area contributed by atoms with Gasteiger partial charge in [-0.05, 0) is 77.8 Å². The molecule has 0 bridgehead atoms. The average Bonchev–Trinajstić information content (AvgIpc) is 2.87. The Kier molecular flexibility index (Phi) is 8.25. The predicted molar refractivity (Wildman–Crippen MR) is 143 cm³/mol. The first-order valence-electron chi connectivity index (χ1n) is 11.6. The lowest BCUT2D eigenvalue weighted by Gasteiger charge is -2.26. The summed E-state index contributed by atoms with van der Waals surface area (Å²) in [5.74, 6) is 0.150. The van der Waals surface area contributed by atoms with E-state index in [0.29, 0.717) is 40.4 Å². The lowest BCUT2D eigenvalue weighted by Crippen LogP contribution is -2.54. The second-order valence-corrected chi connectivity index (χ2v) is 8.92. The maximum Gasteiger partial charge on any atom is 0.335 e. The predicted octanol–water partition coefficient (Wildman–Crippen LogP) is 5.28. The van der Waals surface area contributed by atoms with Crippen LogP contribution in [0.3, 0.4) is 0 Å². The van der Waals surface area contributed by atoms with Crippen molar-refractivity contribution in [3.8, 4) is 17.2 Å². The molecule has 1 N–H and O–H groups in total. The van der Waals surface area contributed by atoms with Crippen LogP contribution in [0.25, 0.3) is 6.08 Å². The number of ether oxygens (including phenoxy) is 3. The Balaban J connectivity index is 1.56. The maximum absolute atomic E-state index is 13.2. The van der Waals surface area contributed by atoms with Gasteiger partial charge in [-0.1, -0.05) is 35.9 Å². The third-order valence-electron chi connectivity index (χ3n) is 5.38. The van der Waals surface area contributed by atoms with Crippen molar-refractivity contribution in [2.45, 2.75) is 13.8 Å². The monoisotopic (exact) mass is 564 g/mol. The van der Waals surface area contributed by atoms with Gasteiger partial charge >= 0.3 is 6.03 Å². The van der Waals surface area contributed by atoms with E-state index in [-0.39, 0.29) is 12.2 Å². The first kappa shape index (κ1) is 26.0. The molecule has 0 saturated carbocycles. The van der Waals surface area contributed by atoms with Gasteiger partial charge in [-0.15, -0.1) is 0 Å². The van der Waals surface area contributed by atoms with Crippen molar-refractivity contribution in [2.24, 2.45) is 0 Å². The van der Waals surface area contributed by atoms with Crippen LogP contribution in [0, 0.1) is 6.92 Å². The van der Waals surface area contributed by atoms with E-state index in [1.165, 1.54) is 6.08 Å². The molecular formula is C28H25BrN2O6. The van der Waals surface area contributed by atoms with Gasteiger partial charge in [-0.3, -0.25) is 14.9 Å². The number of anilines is 1. The molecule has 190 valence electrons. The summed E-state index contributed by atoms with van der Waals surface area (Å²) in [6.45, 7) is 4.70. The Labute approximate surface area is 223 Å². The minimum absolute atomic E-state index is 0.181. The van der Waals surface area contributed by atoms with Crippen LogP contribution in [-0.2, 0) is 9.59 Å². The highest BCUT2D eigenvalue weighted by Crippen LogP contribution is 2.38. The number of aryl methyl sites for hydroxylation is 1. The molecule has 1 heterocycles. The number of nitrogens with zero attached hydrogens (tertiary/aromatic N) is 1. The third kappa shape index (κ3) is 6.18. The molecule has 1 saturated heterocycles. The summed E-state index contributed by atoms with van der Waals surface area (Å²) in [6, 6.07) is 18.9. The number of carbonyl (C=O) groups is 3. The molecule has 1 fully saturated rings. The summed E-state index contributed by atoms with van der Waals surface area (Å²) in [5, 5.41) is 2.23. The molecule has 0 aromatic heterocycles. The Morgan fingerprint density at radius 3 is 2.32 bits per heavy atom. The molecular weight excluding hydrogens is 540 g/mol. The number of para-hydroxylation sites is 1. The van der Waals surface area contributed by atoms with E-state index < -0.39 is 17.8 Å². The fourth-order valence-electron chi connectivity index (χ4n) is 3.65. The highest BCUT2D eigenvalue weighted by Gasteiger charge is 2.36. The number of amides is 4. The topological polar surface area (TPSA) is 94.2 Å². The van der Waals surface area contributed by atoms with Crippen molar-refractivity contribution in [3.63, 3.8) is 0 Å². The number of nitrogens with one attached hydrogen (secondary N) is 1. The molecule has 1 aliphatic rings.